The SMILES string of the molecule is O=c1/c(=N\Nc2ccccc2)c(=O)n(C2C3CC4CC(C3)CC2C4)c2ccccc2n1-c1ccccc1. The second-order valence-electron chi connectivity index (χ2n) is 11.0. The lowest BCUT2D eigenvalue weighted by Gasteiger charge is -2.54. The molecule has 4 aliphatic carbocycles. The van der Waals surface area contributed by atoms with Crippen LogP contribution in [0.5, 0.6) is 0 Å². The van der Waals surface area contributed by atoms with Crippen LogP contribution in [0.25, 0.3) is 16.7 Å². The largest absolute Gasteiger partial charge is 0.301 e. The van der Waals surface area contributed by atoms with Crippen LogP contribution in [0.4, 0.5) is 5.69 Å². The molecule has 0 unspecified atom stereocenters. The number of para-hydroxylation sites is 4. The van der Waals surface area contributed by atoms with Crippen LogP contribution in [0, 0.1) is 23.7 Å². The van der Waals surface area contributed by atoms with Crippen molar-refractivity contribution in [2.24, 2.45) is 28.8 Å². The highest BCUT2D eigenvalue weighted by molar-refractivity contribution is 5.77. The summed E-state index contributed by atoms with van der Waals surface area (Å²) < 4.78 is 3.60. The Labute approximate surface area is 214 Å². The summed E-state index contributed by atoms with van der Waals surface area (Å²) >= 11 is 0. The van der Waals surface area contributed by atoms with Crippen molar-refractivity contribution in [3.8, 4) is 5.69 Å². The van der Waals surface area contributed by atoms with Crippen LogP contribution < -0.4 is 21.9 Å². The van der Waals surface area contributed by atoms with E-state index in [4.69, 9.17) is 0 Å². The zero-order valence-corrected chi connectivity index (χ0v) is 20.7. The van der Waals surface area contributed by atoms with Gasteiger partial charge in [0.15, 0.2) is 0 Å². The predicted molar refractivity (Wildman–Crippen MR) is 146 cm³/mol. The average molecular weight is 491 g/mol. The lowest BCUT2D eigenvalue weighted by molar-refractivity contribution is -0.0287. The Morgan fingerprint density at radius 3 is 1.86 bits per heavy atom. The number of nitrogens with zero attached hydrogens (tertiary/aromatic N) is 3. The van der Waals surface area contributed by atoms with E-state index < -0.39 is 5.56 Å². The van der Waals surface area contributed by atoms with Crippen molar-refractivity contribution in [1.82, 2.24) is 9.13 Å². The van der Waals surface area contributed by atoms with Crippen LogP contribution in [0.3, 0.4) is 0 Å². The maximum absolute atomic E-state index is 14.4. The number of anilines is 1. The van der Waals surface area contributed by atoms with Gasteiger partial charge in [0, 0.05) is 11.7 Å². The molecule has 0 radical (unpaired) electrons. The zero-order chi connectivity index (χ0) is 24.9. The van der Waals surface area contributed by atoms with Gasteiger partial charge in [-0.05, 0) is 92.2 Å². The van der Waals surface area contributed by atoms with E-state index >= 15 is 0 Å². The third kappa shape index (κ3) is 3.74. The predicted octanol–water partition coefficient (Wildman–Crippen LogP) is 5.08. The zero-order valence-electron chi connectivity index (χ0n) is 20.7. The fourth-order valence-corrected chi connectivity index (χ4v) is 7.56. The van der Waals surface area contributed by atoms with E-state index in [1.54, 1.807) is 4.57 Å². The molecule has 4 aromatic rings. The first-order valence-corrected chi connectivity index (χ1v) is 13.4. The summed E-state index contributed by atoms with van der Waals surface area (Å²) in [6, 6.07) is 26.9. The van der Waals surface area contributed by atoms with Crippen LogP contribution >= 0.6 is 0 Å². The van der Waals surface area contributed by atoms with Crippen molar-refractivity contribution in [1.29, 1.82) is 0 Å². The van der Waals surface area contributed by atoms with E-state index in [-0.39, 0.29) is 17.0 Å². The molecular formula is C31H30N4O2. The molecule has 0 aliphatic heterocycles. The first-order chi connectivity index (χ1) is 18.2. The molecule has 8 rings (SSSR count). The van der Waals surface area contributed by atoms with Gasteiger partial charge in [0.2, 0.25) is 5.36 Å². The van der Waals surface area contributed by atoms with E-state index in [1.165, 1.54) is 32.1 Å². The Morgan fingerprint density at radius 1 is 0.649 bits per heavy atom. The molecule has 0 atom stereocenters. The Morgan fingerprint density at radius 2 is 1.22 bits per heavy atom. The van der Waals surface area contributed by atoms with Gasteiger partial charge in [0.05, 0.1) is 16.7 Å². The van der Waals surface area contributed by atoms with Crippen molar-refractivity contribution in [3.63, 3.8) is 0 Å². The fourth-order valence-electron chi connectivity index (χ4n) is 7.56. The molecular weight excluding hydrogens is 460 g/mol. The molecule has 4 aliphatic rings. The quantitative estimate of drug-likeness (QED) is 0.406. The molecule has 37 heavy (non-hydrogen) atoms. The number of rotatable bonds is 4. The van der Waals surface area contributed by atoms with Gasteiger partial charge in [-0.1, -0.05) is 48.5 Å². The normalized spacial score (nSPS) is 26.5. The summed E-state index contributed by atoms with van der Waals surface area (Å²) in [5.74, 6) is 2.50. The summed E-state index contributed by atoms with van der Waals surface area (Å²) in [5, 5.41) is 4.40. The molecule has 1 N–H and O–H groups in total. The molecule has 6 nitrogen and oxygen atoms in total. The summed E-state index contributed by atoms with van der Waals surface area (Å²) in [7, 11) is 0. The second-order valence-corrected chi connectivity index (χ2v) is 11.0. The molecule has 6 heteroatoms. The molecule has 1 aromatic heterocycles. The molecule has 4 fully saturated rings. The second kappa shape index (κ2) is 8.87. The van der Waals surface area contributed by atoms with Crippen LogP contribution in [-0.2, 0) is 0 Å². The smallest absolute Gasteiger partial charge is 0.289 e. The van der Waals surface area contributed by atoms with Crippen LogP contribution in [-0.4, -0.2) is 9.13 Å². The Bertz CT molecular complexity index is 1630. The van der Waals surface area contributed by atoms with Gasteiger partial charge in [-0.25, -0.2) is 0 Å². The Balaban J connectivity index is 1.56. The lowest BCUT2D eigenvalue weighted by atomic mass is 9.54. The number of benzene rings is 3. The highest BCUT2D eigenvalue weighted by Gasteiger charge is 2.49. The third-order valence-electron chi connectivity index (χ3n) is 8.77. The van der Waals surface area contributed by atoms with E-state index in [2.05, 4.69) is 10.5 Å². The van der Waals surface area contributed by atoms with Gasteiger partial charge in [0.1, 0.15) is 0 Å². The minimum absolute atomic E-state index is 0.0855. The van der Waals surface area contributed by atoms with Crippen molar-refractivity contribution < 1.29 is 0 Å². The van der Waals surface area contributed by atoms with E-state index in [0.717, 1.165) is 28.6 Å². The number of hydrogen-bond acceptors (Lipinski definition) is 4. The van der Waals surface area contributed by atoms with Crippen LogP contribution in [0.2, 0.25) is 0 Å². The Kier molecular flexibility index (Phi) is 5.34. The monoisotopic (exact) mass is 490 g/mol. The molecule has 186 valence electrons. The first kappa shape index (κ1) is 22.3. The highest BCUT2D eigenvalue weighted by Crippen LogP contribution is 2.58. The number of fused-ring (bicyclic) bond motifs is 1. The summed E-state index contributed by atoms with van der Waals surface area (Å²) in [4.78, 5) is 28.6. The molecule has 1 heterocycles. The van der Waals surface area contributed by atoms with Crippen LogP contribution in [0.15, 0.2) is 99.6 Å². The minimum atomic E-state index is -0.418. The van der Waals surface area contributed by atoms with Gasteiger partial charge in [-0.15, -0.1) is 0 Å². The average Bonchev–Trinajstić information content (AvgIpc) is 3.00. The first-order valence-electron chi connectivity index (χ1n) is 13.4. The van der Waals surface area contributed by atoms with Crippen LogP contribution in [0.1, 0.15) is 38.1 Å². The van der Waals surface area contributed by atoms with Gasteiger partial charge in [-0.2, -0.15) is 5.10 Å². The number of aromatic nitrogens is 2. The van der Waals surface area contributed by atoms with Crippen molar-refractivity contribution in [2.75, 3.05) is 5.43 Å². The summed E-state index contributed by atoms with van der Waals surface area (Å²) in [6.07, 6.45) is 6.05. The van der Waals surface area contributed by atoms with Gasteiger partial charge in [0.25, 0.3) is 11.1 Å². The third-order valence-corrected chi connectivity index (χ3v) is 8.77. The summed E-state index contributed by atoms with van der Waals surface area (Å²) in [5.41, 5.74) is 5.22. The number of hydrogen-bond donors (Lipinski definition) is 1. The summed E-state index contributed by atoms with van der Waals surface area (Å²) in [6.45, 7) is 0. The Hall–Kier alpha value is -3.93. The van der Waals surface area contributed by atoms with E-state index in [1.807, 2.05) is 89.5 Å². The standard InChI is InChI=1S/C31H30N4O2/c36-30-28(33-32-24-9-3-1-4-10-24)31(37)35(29-22-16-20-15-21(18-22)19-23(29)17-20)27-14-8-7-13-26(27)34(30)25-11-5-2-6-12-25/h1-14,20-23,29,32H,15-19H2/b33-28+. The van der Waals surface area contributed by atoms with Gasteiger partial charge < -0.3 is 4.57 Å². The minimum Gasteiger partial charge on any atom is -0.301 e. The van der Waals surface area contributed by atoms with E-state index in [9.17, 15) is 9.59 Å². The topological polar surface area (TPSA) is 68.4 Å². The molecule has 0 saturated heterocycles. The van der Waals surface area contributed by atoms with E-state index in [0.29, 0.717) is 17.5 Å². The van der Waals surface area contributed by atoms with Crippen molar-refractivity contribution in [3.05, 3.63) is 111 Å². The highest BCUT2D eigenvalue weighted by atomic mass is 16.1. The van der Waals surface area contributed by atoms with Gasteiger partial charge in [-0.3, -0.25) is 19.6 Å². The van der Waals surface area contributed by atoms with Gasteiger partial charge >= 0.3 is 0 Å². The lowest BCUT2D eigenvalue weighted by Crippen LogP contribution is -2.51. The van der Waals surface area contributed by atoms with Crippen molar-refractivity contribution in [2.45, 2.75) is 38.1 Å². The molecule has 0 amide bonds. The number of nitrogens with one attached hydrogen (secondary N) is 1. The van der Waals surface area contributed by atoms with Crippen molar-refractivity contribution >= 4 is 16.7 Å². The maximum Gasteiger partial charge on any atom is 0.289 e. The molecule has 3 aromatic carbocycles. The molecule has 4 bridgehead atoms. The molecule has 4 saturated carbocycles. The molecule has 0 spiro atoms. The fraction of sp³-hybridized carbons (Fsp3) is 0.323. The maximum atomic E-state index is 14.4.